The molecule has 0 aromatic carbocycles. The quantitative estimate of drug-likeness (QED) is 0.0280. The second-order valence-electron chi connectivity index (χ2n) is 15.8. The molecule has 0 rings (SSSR count). The zero-order valence-electron chi connectivity index (χ0n) is 36.8. The SMILES string of the molecule is CCCCCC/C=C\CCCCCCCC(=O)OCC(COP(=O)(O)OCC)OC(=O)CCCCCCCCCCCCC/C=C\CCCCCCCCCC. The van der Waals surface area contributed by atoms with Gasteiger partial charge in [0.1, 0.15) is 6.61 Å². The summed E-state index contributed by atoms with van der Waals surface area (Å²) in [6.07, 6.45) is 48.1. The van der Waals surface area contributed by atoms with E-state index in [4.69, 9.17) is 18.5 Å². The highest BCUT2D eigenvalue weighted by atomic mass is 31.2. The Morgan fingerprint density at radius 1 is 0.464 bits per heavy atom. The van der Waals surface area contributed by atoms with E-state index in [9.17, 15) is 19.0 Å². The molecule has 0 saturated heterocycles. The Labute approximate surface area is 345 Å². The van der Waals surface area contributed by atoms with Gasteiger partial charge in [0.2, 0.25) is 0 Å². The van der Waals surface area contributed by atoms with Crippen molar-refractivity contribution in [1.82, 2.24) is 0 Å². The number of allylic oxidation sites excluding steroid dienone is 4. The minimum atomic E-state index is -4.28. The monoisotopic (exact) mass is 813 g/mol. The van der Waals surface area contributed by atoms with Crippen LogP contribution < -0.4 is 0 Å². The summed E-state index contributed by atoms with van der Waals surface area (Å²) in [5.41, 5.74) is 0. The zero-order valence-corrected chi connectivity index (χ0v) is 37.7. The van der Waals surface area contributed by atoms with Crippen molar-refractivity contribution in [3.63, 3.8) is 0 Å². The van der Waals surface area contributed by atoms with E-state index in [0.717, 1.165) is 51.4 Å². The van der Waals surface area contributed by atoms with Gasteiger partial charge in [-0.05, 0) is 71.1 Å². The van der Waals surface area contributed by atoms with Gasteiger partial charge >= 0.3 is 19.8 Å². The molecule has 0 saturated carbocycles. The van der Waals surface area contributed by atoms with Gasteiger partial charge in [-0.15, -0.1) is 0 Å². The molecule has 0 spiro atoms. The number of hydrogen-bond donors (Lipinski definition) is 1. The molecule has 8 nitrogen and oxygen atoms in total. The number of esters is 2. The number of phosphoric ester groups is 1. The van der Waals surface area contributed by atoms with Crippen molar-refractivity contribution >= 4 is 19.8 Å². The van der Waals surface area contributed by atoms with E-state index < -0.39 is 26.5 Å². The molecule has 0 aliphatic carbocycles. The Morgan fingerprint density at radius 2 is 0.804 bits per heavy atom. The van der Waals surface area contributed by atoms with Crippen molar-refractivity contribution in [2.75, 3.05) is 19.8 Å². The van der Waals surface area contributed by atoms with Crippen LogP contribution >= 0.6 is 7.82 Å². The summed E-state index contributed by atoms with van der Waals surface area (Å²) in [4.78, 5) is 34.8. The van der Waals surface area contributed by atoms with Crippen molar-refractivity contribution in [3.8, 4) is 0 Å². The lowest BCUT2D eigenvalue weighted by atomic mass is 10.0. The summed E-state index contributed by atoms with van der Waals surface area (Å²) in [5.74, 6) is -0.801. The number of rotatable bonds is 44. The number of hydrogen-bond acceptors (Lipinski definition) is 7. The molecule has 2 atom stereocenters. The molecular formula is C47H89O8P. The highest BCUT2D eigenvalue weighted by Gasteiger charge is 2.25. The third-order valence-electron chi connectivity index (χ3n) is 10.2. The van der Waals surface area contributed by atoms with E-state index in [-0.39, 0.29) is 32.0 Å². The molecule has 0 aromatic rings. The van der Waals surface area contributed by atoms with Crippen molar-refractivity contribution in [2.45, 2.75) is 245 Å². The highest BCUT2D eigenvalue weighted by Crippen LogP contribution is 2.43. The van der Waals surface area contributed by atoms with Crippen LogP contribution in [0.3, 0.4) is 0 Å². The molecular weight excluding hydrogens is 723 g/mol. The fourth-order valence-electron chi connectivity index (χ4n) is 6.74. The highest BCUT2D eigenvalue weighted by molar-refractivity contribution is 7.47. The predicted octanol–water partition coefficient (Wildman–Crippen LogP) is 15.0. The summed E-state index contributed by atoms with van der Waals surface area (Å²) in [6.45, 7) is 5.48. The first kappa shape index (κ1) is 54.5. The van der Waals surface area contributed by atoms with Crippen LogP contribution in [0.15, 0.2) is 24.3 Å². The lowest BCUT2D eigenvalue weighted by molar-refractivity contribution is -0.161. The number of ether oxygens (including phenoxy) is 2. The summed E-state index contributed by atoms with van der Waals surface area (Å²) in [5, 5.41) is 0. The Bertz CT molecular complexity index is 968. The van der Waals surface area contributed by atoms with E-state index >= 15 is 0 Å². The number of phosphoric acid groups is 1. The first-order valence-electron chi connectivity index (χ1n) is 23.6. The lowest BCUT2D eigenvalue weighted by Gasteiger charge is -2.19. The Kier molecular flexibility index (Phi) is 42.0. The van der Waals surface area contributed by atoms with Crippen molar-refractivity contribution in [3.05, 3.63) is 24.3 Å². The van der Waals surface area contributed by atoms with E-state index in [1.807, 2.05) is 0 Å². The van der Waals surface area contributed by atoms with Crippen LogP contribution in [0.5, 0.6) is 0 Å². The fraction of sp³-hybridized carbons (Fsp3) is 0.872. The minimum Gasteiger partial charge on any atom is -0.462 e. The summed E-state index contributed by atoms with van der Waals surface area (Å²) < 4.78 is 32.7. The van der Waals surface area contributed by atoms with Crippen LogP contribution in [0.1, 0.15) is 239 Å². The van der Waals surface area contributed by atoms with Gasteiger partial charge in [0, 0.05) is 12.8 Å². The van der Waals surface area contributed by atoms with Crippen LogP contribution in [0, 0.1) is 0 Å². The molecule has 9 heteroatoms. The van der Waals surface area contributed by atoms with Crippen LogP contribution in [0.25, 0.3) is 0 Å². The van der Waals surface area contributed by atoms with Gasteiger partial charge in [0.05, 0.1) is 13.2 Å². The third kappa shape index (κ3) is 42.1. The summed E-state index contributed by atoms with van der Waals surface area (Å²) in [6, 6.07) is 0. The van der Waals surface area contributed by atoms with Gasteiger partial charge < -0.3 is 14.4 Å². The van der Waals surface area contributed by atoms with Gasteiger partial charge in [0.25, 0.3) is 0 Å². The Morgan fingerprint density at radius 3 is 1.20 bits per heavy atom. The lowest BCUT2D eigenvalue weighted by Crippen LogP contribution is -2.29. The zero-order chi connectivity index (χ0) is 41.1. The predicted molar refractivity (Wildman–Crippen MR) is 235 cm³/mol. The first-order chi connectivity index (χ1) is 27.3. The Hall–Kier alpha value is -1.47. The molecule has 0 radical (unpaired) electrons. The standard InChI is InChI=1S/C47H89O8P/c1-4-7-9-11-13-15-17-19-20-21-22-23-24-25-26-27-28-30-32-34-36-38-40-42-47(49)55-45(44-54-56(50,51)53-6-3)43-52-46(48)41-39-37-35-33-31-29-18-16-14-12-10-8-5-2/h16,18,21-22,45H,4-15,17,19-20,23-44H2,1-3H3,(H,50,51)/b18-16-,22-21-. The van der Waals surface area contributed by atoms with Gasteiger partial charge in [0.15, 0.2) is 6.10 Å². The van der Waals surface area contributed by atoms with E-state index in [2.05, 4.69) is 38.2 Å². The van der Waals surface area contributed by atoms with Crippen molar-refractivity contribution in [1.29, 1.82) is 0 Å². The summed E-state index contributed by atoms with van der Waals surface area (Å²) in [7, 11) is -4.28. The smallest absolute Gasteiger partial charge is 0.462 e. The normalized spacial score (nSPS) is 13.4. The van der Waals surface area contributed by atoms with Gasteiger partial charge in [-0.1, -0.05) is 179 Å². The molecule has 0 aliphatic heterocycles. The number of unbranched alkanes of at least 4 members (excludes halogenated alkanes) is 28. The maximum atomic E-state index is 12.6. The molecule has 1 N–H and O–H groups in total. The first-order valence-corrected chi connectivity index (χ1v) is 25.1. The summed E-state index contributed by atoms with van der Waals surface area (Å²) >= 11 is 0. The second-order valence-corrected chi connectivity index (χ2v) is 17.2. The average Bonchev–Trinajstić information content (AvgIpc) is 3.18. The van der Waals surface area contributed by atoms with Gasteiger partial charge in [-0.2, -0.15) is 0 Å². The molecule has 0 bridgehead atoms. The van der Waals surface area contributed by atoms with Crippen LogP contribution in [0.4, 0.5) is 0 Å². The molecule has 0 amide bonds. The van der Waals surface area contributed by atoms with Crippen LogP contribution in [0.2, 0.25) is 0 Å². The number of carbonyl (C=O) groups is 2. The Balaban J connectivity index is 3.97. The maximum absolute atomic E-state index is 12.6. The van der Waals surface area contributed by atoms with Crippen LogP contribution in [-0.2, 0) is 32.7 Å². The third-order valence-corrected chi connectivity index (χ3v) is 11.3. The van der Waals surface area contributed by atoms with Crippen molar-refractivity contribution < 1.29 is 37.6 Å². The molecule has 56 heavy (non-hydrogen) atoms. The molecule has 0 aliphatic rings. The molecule has 0 fully saturated rings. The van der Waals surface area contributed by atoms with E-state index in [1.54, 1.807) is 6.92 Å². The number of carbonyl (C=O) groups excluding carboxylic acids is 2. The van der Waals surface area contributed by atoms with Gasteiger partial charge in [-0.25, -0.2) is 4.57 Å². The second kappa shape index (κ2) is 43.1. The molecule has 0 aromatic heterocycles. The average molecular weight is 813 g/mol. The topological polar surface area (TPSA) is 108 Å². The minimum absolute atomic E-state index is 0.000582. The van der Waals surface area contributed by atoms with E-state index in [0.29, 0.717) is 6.42 Å². The molecule has 0 heterocycles. The maximum Gasteiger partial charge on any atom is 0.472 e. The largest absolute Gasteiger partial charge is 0.472 e. The van der Waals surface area contributed by atoms with Crippen LogP contribution in [-0.4, -0.2) is 42.8 Å². The molecule has 330 valence electrons. The van der Waals surface area contributed by atoms with E-state index in [1.165, 1.54) is 148 Å². The van der Waals surface area contributed by atoms with Crippen molar-refractivity contribution in [2.24, 2.45) is 0 Å². The van der Waals surface area contributed by atoms with Gasteiger partial charge in [-0.3, -0.25) is 18.6 Å². The fourth-order valence-corrected chi connectivity index (χ4v) is 7.49. The molecule has 2 unspecified atom stereocenters.